The van der Waals surface area contributed by atoms with Gasteiger partial charge in [-0.3, -0.25) is 13.9 Å². The van der Waals surface area contributed by atoms with E-state index in [1.807, 2.05) is 37.3 Å². The highest BCUT2D eigenvalue weighted by molar-refractivity contribution is 7.92. The van der Waals surface area contributed by atoms with Crippen LogP contribution in [0.5, 0.6) is 5.75 Å². The lowest BCUT2D eigenvalue weighted by molar-refractivity contribution is -0.140. The molecule has 49 heavy (non-hydrogen) atoms. The summed E-state index contributed by atoms with van der Waals surface area (Å²) in [6, 6.07) is 25.7. The average Bonchev–Trinajstić information content (AvgIpc) is 3.61. The number of halogens is 3. The van der Waals surface area contributed by atoms with Crippen LogP contribution < -0.4 is 14.4 Å². The molecule has 4 aromatic rings. The van der Waals surface area contributed by atoms with Gasteiger partial charge in [0.2, 0.25) is 11.8 Å². The minimum absolute atomic E-state index is 0.00154. The zero-order chi connectivity index (χ0) is 35.0. The fourth-order valence-corrected chi connectivity index (χ4v) is 7.75. The first-order valence-electron chi connectivity index (χ1n) is 16.1. The molecule has 1 aliphatic rings. The number of nitrogens with one attached hydrogen (secondary N) is 1. The highest BCUT2D eigenvalue weighted by Crippen LogP contribution is 2.29. The smallest absolute Gasteiger partial charge is 0.264 e. The molecule has 1 atom stereocenters. The number of rotatable bonds is 14. The molecule has 1 saturated carbocycles. The first-order valence-corrected chi connectivity index (χ1v) is 18.7. The van der Waals surface area contributed by atoms with Crippen LogP contribution in [-0.4, -0.2) is 50.4 Å². The van der Waals surface area contributed by atoms with Crippen molar-refractivity contribution in [3.8, 4) is 5.75 Å². The predicted octanol–water partition coefficient (Wildman–Crippen LogP) is 7.94. The second kappa shape index (κ2) is 16.8. The maximum Gasteiger partial charge on any atom is 0.264 e. The van der Waals surface area contributed by atoms with Gasteiger partial charge in [0.15, 0.2) is 0 Å². The van der Waals surface area contributed by atoms with E-state index >= 15 is 0 Å². The molecule has 4 aromatic carbocycles. The van der Waals surface area contributed by atoms with E-state index in [-0.39, 0.29) is 35.5 Å². The molecule has 0 aliphatic heterocycles. The lowest BCUT2D eigenvalue weighted by Crippen LogP contribution is -2.54. The summed E-state index contributed by atoms with van der Waals surface area (Å²) in [5.41, 5.74) is 1.72. The monoisotopic (exact) mass is 741 g/mol. The summed E-state index contributed by atoms with van der Waals surface area (Å²) in [7, 11) is -4.29. The Labute approximate surface area is 303 Å². The standard InChI is InChI=1S/C37H38Cl3N3O5S/c1-2-48-31-17-15-30(16-18-31)43(49(46,47)32-19-13-28(38)14-20-32)25-36(44)42(24-27-12-21-33(39)34(40)22-27)35(23-26-8-4-3-5-9-26)37(45)41-29-10-6-7-11-29/h3-5,8-9,12-22,29,35H,2,6-7,10-11,23-25H2,1H3,(H,41,45)/t35-/m1/s1. The predicted molar refractivity (Wildman–Crippen MR) is 195 cm³/mol. The molecule has 2 amide bonds. The fourth-order valence-electron chi connectivity index (χ4n) is 5.89. The molecule has 0 aromatic heterocycles. The van der Waals surface area contributed by atoms with E-state index in [2.05, 4.69) is 5.32 Å². The number of sulfonamides is 1. The second-order valence-corrected chi connectivity index (χ2v) is 15.0. The Morgan fingerprint density at radius 1 is 0.857 bits per heavy atom. The number of nitrogens with zero attached hydrogens (tertiary/aromatic N) is 2. The molecule has 258 valence electrons. The molecule has 0 heterocycles. The van der Waals surface area contributed by atoms with Gasteiger partial charge in [-0.15, -0.1) is 0 Å². The summed E-state index contributed by atoms with van der Waals surface area (Å²) in [5.74, 6) is -0.341. The number of hydrogen-bond acceptors (Lipinski definition) is 5. The van der Waals surface area contributed by atoms with Crippen molar-refractivity contribution in [2.75, 3.05) is 17.5 Å². The van der Waals surface area contributed by atoms with Gasteiger partial charge in [-0.1, -0.05) is 84.0 Å². The molecular weight excluding hydrogens is 705 g/mol. The highest BCUT2D eigenvalue weighted by atomic mass is 35.5. The SMILES string of the molecule is CCOc1ccc(N(CC(=O)N(Cc2ccc(Cl)c(Cl)c2)[C@H](Cc2ccccc2)C(=O)NC2CCCC2)S(=O)(=O)c2ccc(Cl)cc2)cc1. The average molecular weight is 743 g/mol. The van der Waals surface area contributed by atoms with Crippen LogP contribution in [0.1, 0.15) is 43.7 Å². The molecule has 1 fully saturated rings. The van der Waals surface area contributed by atoms with E-state index in [0.717, 1.165) is 35.6 Å². The third-order valence-electron chi connectivity index (χ3n) is 8.43. The number of hydrogen-bond donors (Lipinski definition) is 1. The Hall–Kier alpha value is -3.76. The summed E-state index contributed by atoms with van der Waals surface area (Å²) in [4.78, 5) is 30.2. The third kappa shape index (κ3) is 9.48. The Balaban J connectivity index is 1.57. The van der Waals surface area contributed by atoms with Gasteiger partial charge in [0.1, 0.15) is 18.3 Å². The molecular formula is C37H38Cl3N3O5S. The van der Waals surface area contributed by atoms with Crippen LogP contribution in [0.15, 0.2) is 102 Å². The van der Waals surface area contributed by atoms with Crippen LogP contribution in [0, 0.1) is 0 Å². The van der Waals surface area contributed by atoms with Crippen LogP contribution in [0.25, 0.3) is 0 Å². The molecule has 0 unspecified atom stereocenters. The van der Waals surface area contributed by atoms with Crippen molar-refractivity contribution >= 4 is 62.3 Å². The zero-order valence-electron chi connectivity index (χ0n) is 27.0. The van der Waals surface area contributed by atoms with E-state index in [0.29, 0.717) is 33.0 Å². The number of carbonyl (C=O) groups excluding carboxylic acids is 2. The molecule has 0 bridgehead atoms. The van der Waals surface area contributed by atoms with E-state index in [4.69, 9.17) is 39.5 Å². The maximum atomic E-state index is 14.7. The van der Waals surface area contributed by atoms with Crippen LogP contribution in [0.2, 0.25) is 15.1 Å². The number of amides is 2. The van der Waals surface area contributed by atoms with Crippen molar-refractivity contribution in [3.05, 3.63) is 123 Å². The third-order valence-corrected chi connectivity index (χ3v) is 11.2. The van der Waals surface area contributed by atoms with E-state index in [1.54, 1.807) is 42.5 Å². The van der Waals surface area contributed by atoms with Crippen molar-refractivity contribution in [1.29, 1.82) is 0 Å². The van der Waals surface area contributed by atoms with Gasteiger partial charge in [-0.2, -0.15) is 0 Å². The molecule has 1 N–H and O–H groups in total. The maximum absolute atomic E-state index is 14.7. The molecule has 12 heteroatoms. The van der Waals surface area contributed by atoms with Gasteiger partial charge in [0.25, 0.3) is 10.0 Å². The summed E-state index contributed by atoms with van der Waals surface area (Å²) in [6.07, 6.45) is 3.95. The Kier molecular flexibility index (Phi) is 12.5. The summed E-state index contributed by atoms with van der Waals surface area (Å²) < 4.78 is 35.1. The Bertz CT molecular complexity index is 1840. The van der Waals surface area contributed by atoms with Crippen molar-refractivity contribution in [2.45, 2.75) is 62.6 Å². The molecule has 8 nitrogen and oxygen atoms in total. The molecule has 0 spiro atoms. The quantitative estimate of drug-likeness (QED) is 0.142. The fraction of sp³-hybridized carbons (Fsp3) is 0.297. The summed E-state index contributed by atoms with van der Waals surface area (Å²) >= 11 is 18.7. The summed E-state index contributed by atoms with van der Waals surface area (Å²) in [6.45, 7) is 1.66. The van der Waals surface area contributed by atoms with Crippen LogP contribution in [-0.2, 0) is 32.6 Å². The summed E-state index contributed by atoms with van der Waals surface area (Å²) in [5, 5.41) is 4.18. The van der Waals surface area contributed by atoms with Crippen molar-refractivity contribution in [1.82, 2.24) is 10.2 Å². The minimum Gasteiger partial charge on any atom is -0.494 e. The second-order valence-electron chi connectivity index (χ2n) is 11.9. The van der Waals surface area contributed by atoms with Gasteiger partial charge in [0, 0.05) is 24.0 Å². The number of benzene rings is 4. The minimum atomic E-state index is -4.29. The van der Waals surface area contributed by atoms with Crippen molar-refractivity contribution < 1.29 is 22.7 Å². The van der Waals surface area contributed by atoms with Crippen LogP contribution in [0.4, 0.5) is 5.69 Å². The topological polar surface area (TPSA) is 96.0 Å². The zero-order valence-corrected chi connectivity index (χ0v) is 30.1. The number of carbonyl (C=O) groups is 2. The molecule has 0 radical (unpaired) electrons. The van der Waals surface area contributed by atoms with Gasteiger partial charge in [0.05, 0.1) is 27.2 Å². The lowest BCUT2D eigenvalue weighted by Gasteiger charge is -2.34. The Morgan fingerprint density at radius 2 is 1.53 bits per heavy atom. The first-order chi connectivity index (χ1) is 23.5. The van der Waals surface area contributed by atoms with Crippen LogP contribution >= 0.6 is 34.8 Å². The van der Waals surface area contributed by atoms with Gasteiger partial charge < -0.3 is 15.0 Å². The lowest BCUT2D eigenvalue weighted by atomic mass is 10.0. The van der Waals surface area contributed by atoms with Crippen molar-refractivity contribution in [2.24, 2.45) is 0 Å². The van der Waals surface area contributed by atoms with Crippen molar-refractivity contribution in [3.63, 3.8) is 0 Å². The van der Waals surface area contributed by atoms with E-state index < -0.39 is 28.5 Å². The number of ether oxygens (including phenoxy) is 1. The van der Waals surface area contributed by atoms with Gasteiger partial charge >= 0.3 is 0 Å². The highest BCUT2D eigenvalue weighted by Gasteiger charge is 2.35. The normalized spacial score (nSPS) is 13.9. The largest absolute Gasteiger partial charge is 0.494 e. The molecule has 1 aliphatic carbocycles. The van der Waals surface area contributed by atoms with E-state index in [9.17, 15) is 18.0 Å². The Morgan fingerprint density at radius 3 is 2.16 bits per heavy atom. The molecule has 5 rings (SSSR count). The number of anilines is 1. The molecule has 0 saturated heterocycles. The van der Waals surface area contributed by atoms with Crippen LogP contribution in [0.3, 0.4) is 0 Å². The van der Waals surface area contributed by atoms with E-state index in [1.165, 1.54) is 29.2 Å². The van der Waals surface area contributed by atoms with Gasteiger partial charge in [-0.25, -0.2) is 8.42 Å². The first kappa shape index (κ1) is 36.5. The van der Waals surface area contributed by atoms with Gasteiger partial charge in [-0.05, 0) is 91.6 Å².